The minimum absolute atomic E-state index is 0.273. The van der Waals surface area contributed by atoms with E-state index >= 15 is 0 Å². The van der Waals surface area contributed by atoms with Crippen molar-refractivity contribution in [3.63, 3.8) is 0 Å². The standard InChI is InChI=1S/C11H11Cl2N5O/c1-5-9(14)10(18-17-5)16-11(19)15-6-2-3-7(12)8(13)4-6/h2-4H,14H2,1H3,(H3,15,16,17,18,19). The molecule has 1 aromatic carbocycles. The van der Waals surface area contributed by atoms with Crippen LogP contribution in [0.2, 0.25) is 10.0 Å². The van der Waals surface area contributed by atoms with E-state index < -0.39 is 6.03 Å². The average Bonchev–Trinajstić information content (AvgIpc) is 2.66. The molecule has 100 valence electrons. The number of anilines is 3. The molecule has 2 rings (SSSR count). The normalized spacial score (nSPS) is 10.3. The van der Waals surface area contributed by atoms with Crippen LogP contribution in [0.3, 0.4) is 0 Å². The van der Waals surface area contributed by atoms with Crippen molar-refractivity contribution in [2.75, 3.05) is 16.4 Å². The van der Waals surface area contributed by atoms with Crippen LogP contribution in [0, 0.1) is 6.92 Å². The van der Waals surface area contributed by atoms with Gasteiger partial charge in [-0.2, -0.15) is 5.10 Å². The van der Waals surface area contributed by atoms with Crippen LogP contribution in [0.25, 0.3) is 0 Å². The van der Waals surface area contributed by atoms with E-state index in [-0.39, 0.29) is 5.82 Å². The van der Waals surface area contributed by atoms with E-state index in [0.29, 0.717) is 27.1 Å². The van der Waals surface area contributed by atoms with Crippen LogP contribution in [0.5, 0.6) is 0 Å². The van der Waals surface area contributed by atoms with Gasteiger partial charge in [0.2, 0.25) is 0 Å². The Morgan fingerprint density at radius 3 is 2.63 bits per heavy atom. The van der Waals surface area contributed by atoms with Gasteiger partial charge in [0, 0.05) is 5.69 Å². The van der Waals surface area contributed by atoms with Crippen molar-refractivity contribution in [3.05, 3.63) is 33.9 Å². The number of hydrogen-bond donors (Lipinski definition) is 4. The monoisotopic (exact) mass is 299 g/mol. The average molecular weight is 300 g/mol. The molecule has 0 saturated heterocycles. The molecule has 1 aromatic heterocycles. The maximum atomic E-state index is 11.7. The van der Waals surface area contributed by atoms with Crippen LogP contribution in [0.4, 0.5) is 22.0 Å². The summed E-state index contributed by atoms with van der Waals surface area (Å²) in [6.07, 6.45) is 0. The summed E-state index contributed by atoms with van der Waals surface area (Å²) >= 11 is 11.6. The zero-order valence-electron chi connectivity index (χ0n) is 9.92. The summed E-state index contributed by atoms with van der Waals surface area (Å²) in [5.41, 5.74) is 7.30. The fraction of sp³-hybridized carbons (Fsp3) is 0.0909. The number of nitrogens with one attached hydrogen (secondary N) is 3. The molecule has 2 aromatic rings. The topological polar surface area (TPSA) is 95.8 Å². The summed E-state index contributed by atoms with van der Waals surface area (Å²) < 4.78 is 0. The number of aromatic nitrogens is 2. The number of carbonyl (C=O) groups is 1. The second-order valence-electron chi connectivity index (χ2n) is 3.82. The van der Waals surface area contributed by atoms with E-state index in [1.165, 1.54) is 0 Å². The zero-order chi connectivity index (χ0) is 14.0. The summed E-state index contributed by atoms with van der Waals surface area (Å²) in [7, 11) is 0. The highest BCUT2D eigenvalue weighted by Gasteiger charge is 2.10. The van der Waals surface area contributed by atoms with E-state index in [1.54, 1.807) is 25.1 Å². The number of halogens is 2. The van der Waals surface area contributed by atoms with Gasteiger partial charge in [-0.15, -0.1) is 0 Å². The Bertz CT molecular complexity index is 626. The predicted molar refractivity (Wildman–Crippen MR) is 76.8 cm³/mol. The summed E-state index contributed by atoms with van der Waals surface area (Å²) in [6.45, 7) is 1.75. The van der Waals surface area contributed by atoms with E-state index in [0.717, 1.165) is 0 Å². The third kappa shape index (κ3) is 3.10. The van der Waals surface area contributed by atoms with E-state index in [9.17, 15) is 4.79 Å². The number of nitrogen functional groups attached to an aromatic ring is 1. The number of aromatic amines is 1. The minimum Gasteiger partial charge on any atom is -0.394 e. The Morgan fingerprint density at radius 1 is 1.32 bits per heavy atom. The molecule has 0 atom stereocenters. The molecule has 0 aliphatic rings. The molecule has 0 spiro atoms. The molecule has 6 nitrogen and oxygen atoms in total. The van der Waals surface area contributed by atoms with Gasteiger partial charge in [0.1, 0.15) is 0 Å². The van der Waals surface area contributed by atoms with Crippen molar-refractivity contribution >= 4 is 46.4 Å². The van der Waals surface area contributed by atoms with Gasteiger partial charge in [-0.3, -0.25) is 10.4 Å². The maximum Gasteiger partial charge on any atom is 0.324 e. The second kappa shape index (κ2) is 5.38. The molecule has 0 aliphatic carbocycles. The molecule has 0 aliphatic heterocycles. The largest absolute Gasteiger partial charge is 0.394 e. The number of hydrogen-bond acceptors (Lipinski definition) is 3. The molecule has 0 radical (unpaired) electrons. The van der Waals surface area contributed by atoms with Gasteiger partial charge in [0.05, 0.1) is 21.4 Å². The molecular formula is C11H11Cl2N5O. The highest BCUT2D eigenvalue weighted by molar-refractivity contribution is 6.42. The third-order valence-corrected chi connectivity index (χ3v) is 3.14. The summed E-state index contributed by atoms with van der Waals surface area (Å²) in [5.74, 6) is 0.273. The molecule has 0 unspecified atom stereocenters. The van der Waals surface area contributed by atoms with Gasteiger partial charge in [-0.1, -0.05) is 23.2 Å². The lowest BCUT2D eigenvalue weighted by atomic mass is 10.3. The molecule has 2 amide bonds. The smallest absolute Gasteiger partial charge is 0.324 e. The van der Waals surface area contributed by atoms with Crippen LogP contribution in [0.15, 0.2) is 18.2 Å². The molecule has 8 heteroatoms. The maximum absolute atomic E-state index is 11.7. The van der Waals surface area contributed by atoms with Gasteiger partial charge in [-0.05, 0) is 25.1 Å². The fourth-order valence-corrected chi connectivity index (χ4v) is 1.67. The molecule has 1 heterocycles. The lowest BCUT2D eigenvalue weighted by Gasteiger charge is -2.07. The van der Waals surface area contributed by atoms with Gasteiger partial charge in [0.25, 0.3) is 0 Å². The van der Waals surface area contributed by atoms with Gasteiger partial charge >= 0.3 is 6.03 Å². The summed E-state index contributed by atoms with van der Waals surface area (Å²) in [5, 5.41) is 12.4. The van der Waals surface area contributed by atoms with E-state index in [1.807, 2.05) is 0 Å². The van der Waals surface area contributed by atoms with Crippen LogP contribution < -0.4 is 16.4 Å². The molecule has 0 saturated carbocycles. The van der Waals surface area contributed by atoms with Crippen molar-refractivity contribution < 1.29 is 4.79 Å². The molecule has 0 fully saturated rings. The quantitative estimate of drug-likeness (QED) is 0.685. The van der Waals surface area contributed by atoms with Crippen molar-refractivity contribution in [2.24, 2.45) is 0 Å². The van der Waals surface area contributed by atoms with Gasteiger partial charge < -0.3 is 11.1 Å². The van der Waals surface area contributed by atoms with Crippen molar-refractivity contribution in [2.45, 2.75) is 6.92 Å². The molecule has 19 heavy (non-hydrogen) atoms. The Hall–Kier alpha value is -1.92. The Morgan fingerprint density at radius 2 is 2.05 bits per heavy atom. The van der Waals surface area contributed by atoms with Gasteiger partial charge in [0.15, 0.2) is 5.82 Å². The number of aryl methyl sites for hydroxylation is 1. The van der Waals surface area contributed by atoms with E-state index in [2.05, 4.69) is 20.8 Å². The molecular weight excluding hydrogens is 289 g/mol. The van der Waals surface area contributed by atoms with Crippen LogP contribution >= 0.6 is 23.2 Å². The van der Waals surface area contributed by atoms with Crippen molar-refractivity contribution in [3.8, 4) is 0 Å². The number of carbonyl (C=O) groups excluding carboxylic acids is 1. The van der Waals surface area contributed by atoms with E-state index in [4.69, 9.17) is 28.9 Å². The first kappa shape index (κ1) is 13.5. The number of H-pyrrole nitrogens is 1. The summed E-state index contributed by atoms with van der Waals surface area (Å²) in [6, 6.07) is 4.29. The number of amides is 2. The van der Waals surface area contributed by atoms with Crippen LogP contribution in [-0.4, -0.2) is 16.2 Å². The number of nitrogens with two attached hydrogens (primary N) is 1. The van der Waals surface area contributed by atoms with Crippen LogP contribution in [0.1, 0.15) is 5.69 Å². The summed E-state index contributed by atoms with van der Waals surface area (Å²) in [4.78, 5) is 11.7. The first-order valence-corrected chi connectivity index (χ1v) is 6.06. The first-order chi connectivity index (χ1) is 8.97. The number of urea groups is 1. The molecule has 0 bridgehead atoms. The Kier molecular flexibility index (Phi) is 3.82. The SMILES string of the molecule is Cc1[nH]nc(NC(=O)Nc2ccc(Cl)c(Cl)c2)c1N. The number of benzene rings is 1. The molecule has 5 N–H and O–H groups in total. The highest BCUT2D eigenvalue weighted by atomic mass is 35.5. The number of rotatable bonds is 2. The highest BCUT2D eigenvalue weighted by Crippen LogP contribution is 2.25. The fourth-order valence-electron chi connectivity index (χ4n) is 1.38. The second-order valence-corrected chi connectivity index (χ2v) is 4.63. The van der Waals surface area contributed by atoms with Crippen molar-refractivity contribution in [1.29, 1.82) is 0 Å². The lowest BCUT2D eigenvalue weighted by molar-refractivity contribution is 0.262. The minimum atomic E-state index is -0.475. The lowest BCUT2D eigenvalue weighted by Crippen LogP contribution is -2.20. The Balaban J connectivity index is 2.05. The van der Waals surface area contributed by atoms with Crippen LogP contribution in [-0.2, 0) is 0 Å². The predicted octanol–water partition coefficient (Wildman–Crippen LogP) is 3.25. The number of nitrogens with zero attached hydrogens (tertiary/aromatic N) is 1. The Labute approximate surface area is 119 Å². The van der Waals surface area contributed by atoms with Crippen molar-refractivity contribution in [1.82, 2.24) is 10.2 Å². The third-order valence-electron chi connectivity index (χ3n) is 2.40. The zero-order valence-corrected chi connectivity index (χ0v) is 11.4. The van der Waals surface area contributed by atoms with Gasteiger partial charge in [-0.25, -0.2) is 4.79 Å². The first-order valence-electron chi connectivity index (χ1n) is 5.31.